The quantitative estimate of drug-likeness (QED) is 0.787. The number of ketones is 1. The third-order valence-corrected chi connectivity index (χ3v) is 6.68. The summed E-state index contributed by atoms with van der Waals surface area (Å²) < 4.78 is 10.8. The number of benzene rings is 1. The Bertz CT molecular complexity index is 587. The molecule has 0 N–H and O–H groups in total. The zero-order valence-corrected chi connectivity index (χ0v) is 15.4. The standard InChI is InChI=1S/C21H30O3/c1-14(9-15-10-18(23-3)13-19(11-15)24-4)20-6-5-16-12-17(22)7-8-21(16,20)2/h10-11,13-14,16,20H,5-9,12H2,1-4H3/t14-,16?,20?,21?/m1/s1. The summed E-state index contributed by atoms with van der Waals surface area (Å²) >= 11 is 0. The van der Waals surface area contributed by atoms with E-state index in [9.17, 15) is 4.79 Å². The number of hydrogen-bond donors (Lipinski definition) is 0. The van der Waals surface area contributed by atoms with Crippen LogP contribution in [0.25, 0.3) is 0 Å². The number of methoxy groups -OCH3 is 2. The van der Waals surface area contributed by atoms with Gasteiger partial charge in [-0.15, -0.1) is 0 Å². The van der Waals surface area contributed by atoms with Crippen molar-refractivity contribution >= 4 is 5.78 Å². The minimum absolute atomic E-state index is 0.344. The summed E-state index contributed by atoms with van der Waals surface area (Å²) in [6, 6.07) is 6.17. The van der Waals surface area contributed by atoms with E-state index in [0.29, 0.717) is 29.0 Å². The molecule has 24 heavy (non-hydrogen) atoms. The van der Waals surface area contributed by atoms with E-state index < -0.39 is 0 Å². The van der Waals surface area contributed by atoms with Gasteiger partial charge in [-0.3, -0.25) is 4.79 Å². The topological polar surface area (TPSA) is 35.5 Å². The second-order valence-electron chi connectivity index (χ2n) is 8.03. The van der Waals surface area contributed by atoms with Gasteiger partial charge in [0.25, 0.3) is 0 Å². The number of fused-ring (bicyclic) bond motifs is 1. The number of carbonyl (C=O) groups is 1. The molecule has 0 amide bonds. The zero-order valence-electron chi connectivity index (χ0n) is 15.4. The van der Waals surface area contributed by atoms with Gasteiger partial charge >= 0.3 is 0 Å². The van der Waals surface area contributed by atoms with Crippen molar-refractivity contribution < 1.29 is 14.3 Å². The van der Waals surface area contributed by atoms with Crippen LogP contribution >= 0.6 is 0 Å². The van der Waals surface area contributed by atoms with Crippen molar-refractivity contribution in [2.45, 2.75) is 52.4 Å². The van der Waals surface area contributed by atoms with Crippen molar-refractivity contribution in [3.63, 3.8) is 0 Å². The summed E-state index contributed by atoms with van der Waals surface area (Å²) in [6.45, 7) is 4.81. The molecule has 4 atom stereocenters. The Kier molecular flexibility index (Phi) is 4.89. The van der Waals surface area contributed by atoms with E-state index in [1.807, 2.05) is 6.07 Å². The third kappa shape index (κ3) is 3.18. The van der Waals surface area contributed by atoms with Crippen molar-refractivity contribution in [1.82, 2.24) is 0 Å². The summed E-state index contributed by atoms with van der Waals surface area (Å²) in [5.41, 5.74) is 1.62. The Balaban J connectivity index is 1.75. The second kappa shape index (κ2) is 6.78. The van der Waals surface area contributed by atoms with Crippen LogP contribution in [0.2, 0.25) is 0 Å². The maximum absolute atomic E-state index is 11.8. The van der Waals surface area contributed by atoms with Gasteiger partial charge in [0.1, 0.15) is 17.3 Å². The normalized spacial score (nSPS) is 30.8. The Morgan fingerprint density at radius 3 is 2.46 bits per heavy atom. The Morgan fingerprint density at radius 1 is 1.17 bits per heavy atom. The van der Waals surface area contributed by atoms with Gasteiger partial charge in [-0.05, 0) is 66.5 Å². The highest BCUT2D eigenvalue weighted by Gasteiger charge is 2.50. The maximum atomic E-state index is 11.8. The first kappa shape index (κ1) is 17.3. The maximum Gasteiger partial charge on any atom is 0.133 e. The fraction of sp³-hybridized carbons (Fsp3) is 0.667. The van der Waals surface area contributed by atoms with Crippen LogP contribution in [-0.2, 0) is 11.2 Å². The molecule has 3 nitrogen and oxygen atoms in total. The molecule has 0 saturated heterocycles. The molecule has 2 fully saturated rings. The first-order chi connectivity index (χ1) is 11.5. The number of carbonyl (C=O) groups excluding carboxylic acids is 1. The van der Waals surface area contributed by atoms with E-state index in [4.69, 9.17) is 9.47 Å². The largest absolute Gasteiger partial charge is 0.497 e. The van der Waals surface area contributed by atoms with Crippen LogP contribution < -0.4 is 9.47 Å². The molecule has 1 aromatic carbocycles. The Labute approximate surface area is 145 Å². The smallest absolute Gasteiger partial charge is 0.133 e. The van der Waals surface area contributed by atoms with E-state index in [2.05, 4.69) is 26.0 Å². The molecule has 2 aliphatic rings. The van der Waals surface area contributed by atoms with E-state index in [-0.39, 0.29) is 0 Å². The lowest BCUT2D eigenvalue weighted by atomic mass is 9.62. The minimum atomic E-state index is 0.344. The molecule has 2 aliphatic carbocycles. The van der Waals surface area contributed by atoms with Crippen LogP contribution in [0.1, 0.15) is 51.5 Å². The molecule has 3 unspecified atom stereocenters. The van der Waals surface area contributed by atoms with Gasteiger partial charge in [-0.2, -0.15) is 0 Å². The zero-order chi connectivity index (χ0) is 17.3. The molecule has 0 aromatic heterocycles. The van der Waals surface area contributed by atoms with Crippen LogP contribution in [0.15, 0.2) is 18.2 Å². The van der Waals surface area contributed by atoms with E-state index in [1.54, 1.807) is 14.2 Å². The van der Waals surface area contributed by atoms with Gasteiger partial charge in [0.15, 0.2) is 0 Å². The molecule has 132 valence electrons. The predicted molar refractivity (Wildman–Crippen MR) is 95.6 cm³/mol. The molecule has 0 heterocycles. The summed E-state index contributed by atoms with van der Waals surface area (Å²) in [6.07, 6.45) is 6.19. The lowest BCUT2D eigenvalue weighted by Gasteiger charge is -2.42. The summed E-state index contributed by atoms with van der Waals surface area (Å²) in [4.78, 5) is 11.8. The van der Waals surface area contributed by atoms with Gasteiger partial charge in [0, 0.05) is 18.9 Å². The van der Waals surface area contributed by atoms with Gasteiger partial charge in [0.2, 0.25) is 0 Å². The van der Waals surface area contributed by atoms with Crippen LogP contribution in [0.5, 0.6) is 11.5 Å². The molecule has 3 heteroatoms. The average molecular weight is 330 g/mol. The molecule has 1 aromatic rings. The van der Waals surface area contributed by atoms with Gasteiger partial charge in [-0.1, -0.05) is 13.8 Å². The van der Waals surface area contributed by atoms with Crippen LogP contribution in [0.3, 0.4) is 0 Å². The van der Waals surface area contributed by atoms with Crippen LogP contribution in [0, 0.1) is 23.2 Å². The van der Waals surface area contributed by atoms with E-state index in [0.717, 1.165) is 37.2 Å². The van der Waals surface area contributed by atoms with Crippen molar-refractivity contribution in [3.8, 4) is 11.5 Å². The molecule has 0 bridgehead atoms. The first-order valence-electron chi connectivity index (χ1n) is 9.20. The van der Waals surface area contributed by atoms with Crippen molar-refractivity contribution in [3.05, 3.63) is 23.8 Å². The Hall–Kier alpha value is -1.51. The molecule has 0 aliphatic heterocycles. The Morgan fingerprint density at radius 2 is 1.83 bits per heavy atom. The number of Topliss-reactive ketones (excluding diaryl/α,β-unsaturated/α-hetero) is 1. The minimum Gasteiger partial charge on any atom is -0.497 e. The third-order valence-electron chi connectivity index (χ3n) is 6.68. The van der Waals surface area contributed by atoms with Gasteiger partial charge in [0.05, 0.1) is 14.2 Å². The first-order valence-corrected chi connectivity index (χ1v) is 9.20. The summed E-state index contributed by atoms with van der Waals surface area (Å²) in [5.74, 6) is 4.10. The molecule has 0 radical (unpaired) electrons. The molecular weight excluding hydrogens is 300 g/mol. The summed E-state index contributed by atoms with van der Waals surface area (Å²) in [7, 11) is 3.40. The lowest BCUT2D eigenvalue weighted by molar-refractivity contribution is -0.125. The fourth-order valence-electron chi connectivity index (χ4n) is 5.29. The molecule has 2 saturated carbocycles. The second-order valence-corrected chi connectivity index (χ2v) is 8.03. The lowest BCUT2D eigenvalue weighted by Crippen LogP contribution is -2.37. The number of ether oxygens (including phenoxy) is 2. The average Bonchev–Trinajstić information content (AvgIpc) is 2.91. The van der Waals surface area contributed by atoms with Crippen LogP contribution in [0.4, 0.5) is 0 Å². The SMILES string of the molecule is COc1cc(C[C@@H](C)C2CCC3CC(=O)CCC32C)cc(OC)c1. The van der Waals surface area contributed by atoms with Crippen molar-refractivity contribution in [1.29, 1.82) is 0 Å². The van der Waals surface area contributed by atoms with Crippen LogP contribution in [-0.4, -0.2) is 20.0 Å². The highest BCUT2D eigenvalue weighted by Crippen LogP contribution is 2.57. The predicted octanol–water partition coefficient (Wildman–Crippen LogP) is 4.67. The monoisotopic (exact) mass is 330 g/mol. The fourth-order valence-corrected chi connectivity index (χ4v) is 5.29. The summed E-state index contributed by atoms with van der Waals surface area (Å²) in [5, 5.41) is 0. The van der Waals surface area contributed by atoms with E-state index >= 15 is 0 Å². The highest BCUT2D eigenvalue weighted by atomic mass is 16.5. The van der Waals surface area contributed by atoms with Crippen molar-refractivity contribution in [2.75, 3.05) is 14.2 Å². The highest BCUT2D eigenvalue weighted by molar-refractivity contribution is 5.79. The number of hydrogen-bond acceptors (Lipinski definition) is 3. The van der Waals surface area contributed by atoms with Gasteiger partial charge in [-0.25, -0.2) is 0 Å². The van der Waals surface area contributed by atoms with E-state index in [1.165, 1.54) is 18.4 Å². The molecule has 3 rings (SSSR count). The molecule has 0 spiro atoms. The molecular formula is C21H30O3. The number of rotatable bonds is 5. The van der Waals surface area contributed by atoms with Crippen molar-refractivity contribution in [2.24, 2.45) is 23.2 Å². The van der Waals surface area contributed by atoms with Gasteiger partial charge < -0.3 is 9.47 Å².